The van der Waals surface area contributed by atoms with Gasteiger partial charge in [0.2, 0.25) is 0 Å². The van der Waals surface area contributed by atoms with E-state index in [1.165, 1.54) is 22.3 Å². The van der Waals surface area contributed by atoms with Gasteiger partial charge in [-0.3, -0.25) is 0 Å². The van der Waals surface area contributed by atoms with Crippen molar-refractivity contribution in [2.75, 3.05) is 9.80 Å². The second-order valence-corrected chi connectivity index (χ2v) is 15.5. The Labute approximate surface area is 334 Å². The zero-order valence-electron chi connectivity index (χ0n) is 31.9. The first-order valence-corrected chi connectivity index (χ1v) is 18.5. The summed E-state index contributed by atoms with van der Waals surface area (Å²) in [5.74, 6) is 2.78. The molecule has 1 aliphatic heterocycles. The Hall–Kier alpha value is -5.12. The van der Waals surface area contributed by atoms with E-state index in [9.17, 15) is 0 Å². The van der Waals surface area contributed by atoms with Gasteiger partial charge in [0.15, 0.2) is 0 Å². The Morgan fingerprint density at radius 3 is 2.11 bits per heavy atom. The van der Waals surface area contributed by atoms with E-state index in [2.05, 4.69) is 191 Å². The number of hydrogen-bond acceptors (Lipinski definition) is 4. The summed E-state index contributed by atoms with van der Waals surface area (Å²) in [6.45, 7) is 17.8. The van der Waals surface area contributed by atoms with E-state index in [0.717, 1.165) is 44.6 Å². The Bertz CT molecular complexity index is 2450. The van der Waals surface area contributed by atoms with Crippen molar-refractivity contribution in [3.8, 4) is 28.4 Å². The summed E-state index contributed by atoms with van der Waals surface area (Å²) >= 11 is 0. The number of nitrogens with zero attached hydrogens (tertiary/aromatic N) is 4. The van der Waals surface area contributed by atoms with Gasteiger partial charge in [-0.1, -0.05) is 109 Å². The van der Waals surface area contributed by atoms with Crippen LogP contribution in [-0.4, -0.2) is 9.55 Å². The van der Waals surface area contributed by atoms with Crippen LogP contribution in [0, 0.1) is 18.8 Å². The molecule has 3 heterocycles. The maximum absolute atomic E-state index is 6.80. The van der Waals surface area contributed by atoms with E-state index in [4.69, 9.17) is 9.72 Å². The molecule has 6 heteroatoms. The van der Waals surface area contributed by atoms with Gasteiger partial charge in [0.25, 0.3) is 0 Å². The SMILES string of the molecule is CC(C)c1cccc(C(C)C)c1-c1cc(Oc2[c-]c3c(cc2)c2ccccc2n3-c2cc(C(C)(C)C)ccn2)[c-]c(N2C=CN(c3ccccc3)[CH-]2)c1.[Pt]. The predicted octanol–water partition coefficient (Wildman–Crippen LogP) is 12.7. The molecule has 0 unspecified atom stereocenters. The van der Waals surface area contributed by atoms with Gasteiger partial charge in [0.1, 0.15) is 5.82 Å². The fourth-order valence-corrected chi connectivity index (χ4v) is 7.30. The van der Waals surface area contributed by atoms with Gasteiger partial charge in [-0.25, -0.2) is 4.98 Å². The summed E-state index contributed by atoms with van der Waals surface area (Å²) in [5.41, 5.74) is 10.2. The van der Waals surface area contributed by atoms with E-state index in [1.54, 1.807) is 0 Å². The molecule has 0 atom stereocenters. The third-order valence-electron chi connectivity index (χ3n) is 10.1. The van der Waals surface area contributed by atoms with Crippen LogP contribution >= 0.6 is 0 Å². The van der Waals surface area contributed by atoms with Crippen molar-refractivity contribution in [1.82, 2.24) is 9.55 Å². The van der Waals surface area contributed by atoms with Gasteiger partial charge in [-0.2, -0.15) is 6.07 Å². The van der Waals surface area contributed by atoms with Crippen LogP contribution in [0.25, 0.3) is 38.8 Å². The normalized spacial score (nSPS) is 13.1. The zero-order valence-corrected chi connectivity index (χ0v) is 34.1. The second kappa shape index (κ2) is 15.0. The standard InChI is InChI=1S/C48H45N4O.Pt/c1-32(2)40-17-13-18-41(33(3)4)47(40)34-26-37(51-25-24-50(31-51)36-14-9-8-10-15-36)29-39(27-34)53-38-20-21-43-42-16-11-12-19-44(42)52(45(43)30-38)46-28-35(22-23-49-46)48(5,6)7;/h8-28,31-33H,1-7H3;/q-3;. The molecular formula is C48H45N4OPt-3. The fourth-order valence-electron chi connectivity index (χ4n) is 7.30. The van der Waals surface area contributed by atoms with Gasteiger partial charge < -0.3 is 19.1 Å². The molecule has 7 aromatic rings. The van der Waals surface area contributed by atoms with Crippen molar-refractivity contribution >= 4 is 33.2 Å². The van der Waals surface area contributed by atoms with Gasteiger partial charge in [-0.15, -0.1) is 53.6 Å². The maximum atomic E-state index is 6.80. The van der Waals surface area contributed by atoms with Crippen LogP contribution in [0.1, 0.15) is 77.0 Å². The smallest absolute Gasteiger partial charge is 0.135 e. The molecule has 1 aliphatic rings. The number of rotatable bonds is 8. The van der Waals surface area contributed by atoms with Crippen LogP contribution < -0.4 is 14.5 Å². The number of aromatic nitrogens is 2. The van der Waals surface area contributed by atoms with E-state index >= 15 is 0 Å². The molecule has 8 rings (SSSR count). The van der Waals surface area contributed by atoms with E-state index in [-0.39, 0.29) is 26.5 Å². The Balaban J connectivity index is 0.00000450. The molecule has 0 N–H and O–H groups in total. The maximum Gasteiger partial charge on any atom is 0.135 e. The number of para-hydroxylation sites is 2. The average molecular weight is 889 g/mol. The van der Waals surface area contributed by atoms with E-state index < -0.39 is 0 Å². The Morgan fingerprint density at radius 1 is 0.685 bits per heavy atom. The molecule has 0 radical (unpaired) electrons. The summed E-state index contributed by atoms with van der Waals surface area (Å²) in [6.07, 6.45) is 6.04. The van der Waals surface area contributed by atoms with Crippen LogP contribution in [0.3, 0.4) is 0 Å². The first kappa shape index (κ1) is 37.2. The van der Waals surface area contributed by atoms with Crippen molar-refractivity contribution in [2.45, 2.75) is 65.7 Å². The van der Waals surface area contributed by atoms with Crippen LogP contribution in [0.4, 0.5) is 11.4 Å². The summed E-state index contributed by atoms with van der Waals surface area (Å²) in [4.78, 5) is 9.08. The molecule has 0 amide bonds. The number of benzene rings is 5. The van der Waals surface area contributed by atoms with Crippen molar-refractivity contribution in [3.63, 3.8) is 0 Å². The first-order chi connectivity index (χ1) is 25.5. The Kier molecular flexibility index (Phi) is 10.3. The zero-order chi connectivity index (χ0) is 36.9. The summed E-state index contributed by atoms with van der Waals surface area (Å²) in [5, 5.41) is 2.24. The molecule has 5 aromatic carbocycles. The number of fused-ring (bicyclic) bond motifs is 3. The van der Waals surface area contributed by atoms with Gasteiger partial charge in [0.05, 0.1) is 0 Å². The molecule has 0 fully saturated rings. The van der Waals surface area contributed by atoms with Gasteiger partial charge >= 0.3 is 0 Å². The fraction of sp³-hybridized carbons (Fsp3) is 0.208. The second-order valence-electron chi connectivity index (χ2n) is 15.5. The van der Waals surface area contributed by atoms with E-state index in [1.807, 2.05) is 18.3 Å². The van der Waals surface area contributed by atoms with Gasteiger partial charge in [0, 0.05) is 50.0 Å². The number of ether oxygens (including phenoxy) is 1. The predicted molar refractivity (Wildman–Crippen MR) is 220 cm³/mol. The third kappa shape index (κ3) is 7.10. The molecule has 0 spiro atoms. The summed E-state index contributed by atoms with van der Waals surface area (Å²) < 4.78 is 9.01. The summed E-state index contributed by atoms with van der Waals surface area (Å²) in [7, 11) is 0. The van der Waals surface area contributed by atoms with Crippen LogP contribution in [0.15, 0.2) is 128 Å². The largest absolute Gasteiger partial charge is 0.509 e. The monoisotopic (exact) mass is 888 g/mol. The minimum Gasteiger partial charge on any atom is -0.509 e. The van der Waals surface area contributed by atoms with Crippen LogP contribution in [0.2, 0.25) is 0 Å². The molecule has 276 valence electrons. The molecular weight excluding hydrogens is 844 g/mol. The van der Waals surface area contributed by atoms with Crippen molar-refractivity contribution in [1.29, 1.82) is 0 Å². The van der Waals surface area contributed by atoms with Crippen LogP contribution in [-0.2, 0) is 26.5 Å². The summed E-state index contributed by atoms with van der Waals surface area (Å²) in [6, 6.07) is 45.6. The minimum absolute atomic E-state index is 0. The van der Waals surface area contributed by atoms with Crippen molar-refractivity contribution in [2.24, 2.45) is 0 Å². The molecule has 54 heavy (non-hydrogen) atoms. The molecule has 0 saturated heterocycles. The average Bonchev–Trinajstić information content (AvgIpc) is 3.78. The molecule has 5 nitrogen and oxygen atoms in total. The topological polar surface area (TPSA) is 33.5 Å². The minimum atomic E-state index is -0.0172. The quantitative estimate of drug-likeness (QED) is 0.142. The van der Waals surface area contributed by atoms with Gasteiger partial charge in [-0.05, 0) is 87.6 Å². The molecule has 2 aromatic heterocycles. The number of anilines is 2. The van der Waals surface area contributed by atoms with Crippen LogP contribution in [0.5, 0.6) is 11.5 Å². The molecule has 0 bridgehead atoms. The first-order valence-electron chi connectivity index (χ1n) is 18.5. The number of hydrogen-bond donors (Lipinski definition) is 0. The molecule has 0 aliphatic carbocycles. The number of pyridine rings is 1. The molecule has 0 saturated carbocycles. The van der Waals surface area contributed by atoms with E-state index in [0.29, 0.717) is 23.3 Å². The Morgan fingerprint density at radius 2 is 1.39 bits per heavy atom. The van der Waals surface area contributed by atoms with Crippen molar-refractivity contribution < 1.29 is 25.8 Å². The van der Waals surface area contributed by atoms with Crippen molar-refractivity contribution in [3.05, 3.63) is 163 Å². The third-order valence-corrected chi connectivity index (χ3v) is 10.1.